The molecule has 0 bridgehead atoms. The summed E-state index contributed by atoms with van der Waals surface area (Å²) in [6.45, 7) is 6.90. The smallest absolute Gasteiger partial charge is 0.257 e. The third-order valence-corrected chi connectivity index (χ3v) is 3.01. The lowest BCUT2D eigenvalue weighted by Crippen LogP contribution is -2.13. The number of ether oxygens (including phenoxy) is 1. The molecule has 0 atom stereocenters. The largest absolute Gasteiger partial charge is 0.377 e. The molecule has 98 valence electrons. The van der Waals surface area contributed by atoms with Crippen LogP contribution in [0.2, 0.25) is 0 Å². The minimum Gasteiger partial charge on any atom is -0.377 e. The van der Waals surface area contributed by atoms with Crippen LogP contribution in [0.25, 0.3) is 0 Å². The standard InChI is InChI=1S/C10H19N3O3S/c1-4-9-12-10(17(11,14)15)7-13(9)5-6-16-8(2)3/h7-8H,4-6H2,1-3H3,(H2,11,14,15). The maximum atomic E-state index is 11.2. The number of imidazole rings is 1. The van der Waals surface area contributed by atoms with Gasteiger partial charge in [-0.05, 0) is 13.8 Å². The minimum absolute atomic E-state index is 0.0844. The lowest BCUT2D eigenvalue weighted by molar-refractivity contribution is 0.0723. The van der Waals surface area contributed by atoms with Crippen LogP contribution in [-0.2, 0) is 27.7 Å². The van der Waals surface area contributed by atoms with Gasteiger partial charge in [-0.1, -0.05) is 6.92 Å². The fraction of sp³-hybridized carbons (Fsp3) is 0.700. The first-order chi connectivity index (χ1) is 7.84. The van der Waals surface area contributed by atoms with Gasteiger partial charge in [0.1, 0.15) is 5.82 Å². The average molecular weight is 261 g/mol. The van der Waals surface area contributed by atoms with Crippen molar-refractivity contribution in [3.63, 3.8) is 0 Å². The van der Waals surface area contributed by atoms with Crippen molar-refractivity contribution in [2.24, 2.45) is 5.14 Å². The third-order valence-electron chi connectivity index (χ3n) is 2.23. The Morgan fingerprint density at radius 1 is 1.53 bits per heavy atom. The lowest BCUT2D eigenvalue weighted by Gasteiger charge is -2.09. The molecule has 1 aromatic rings. The van der Waals surface area contributed by atoms with E-state index in [0.717, 1.165) is 0 Å². The van der Waals surface area contributed by atoms with E-state index in [9.17, 15) is 8.42 Å². The number of sulfonamides is 1. The second-order valence-corrected chi connectivity index (χ2v) is 5.52. The van der Waals surface area contributed by atoms with Gasteiger partial charge in [-0.3, -0.25) is 0 Å². The van der Waals surface area contributed by atoms with Crippen molar-refractivity contribution in [3.05, 3.63) is 12.0 Å². The Balaban J connectivity index is 2.81. The minimum atomic E-state index is -3.73. The number of rotatable bonds is 6. The van der Waals surface area contributed by atoms with Gasteiger partial charge in [0, 0.05) is 19.2 Å². The molecular weight excluding hydrogens is 242 g/mol. The summed E-state index contributed by atoms with van der Waals surface area (Å²) in [6.07, 6.45) is 2.26. The van der Waals surface area contributed by atoms with Crippen LogP contribution in [0.3, 0.4) is 0 Å². The highest BCUT2D eigenvalue weighted by Gasteiger charge is 2.15. The number of aryl methyl sites for hydroxylation is 1. The van der Waals surface area contributed by atoms with Crippen molar-refractivity contribution < 1.29 is 13.2 Å². The molecule has 0 aliphatic carbocycles. The molecule has 0 amide bonds. The third kappa shape index (κ3) is 4.10. The Bertz CT molecular complexity index is 465. The predicted molar refractivity (Wildman–Crippen MR) is 64.1 cm³/mol. The van der Waals surface area contributed by atoms with E-state index in [1.54, 1.807) is 4.57 Å². The van der Waals surface area contributed by atoms with Crippen molar-refractivity contribution >= 4 is 10.0 Å². The van der Waals surface area contributed by atoms with E-state index in [-0.39, 0.29) is 11.1 Å². The lowest BCUT2D eigenvalue weighted by atomic mass is 10.4. The molecule has 0 saturated carbocycles. The van der Waals surface area contributed by atoms with Crippen molar-refractivity contribution in [1.29, 1.82) is 0 Å². The number of hydrogen-bond acceptors (Lipinski definition) is 4. The molecule has 1 rings (SSSR count). The summed E-state index contributed by atoms with van der Waals surface area (Å²) in [4.78, 5) is 3.99. The summed E-state index contributed by atoms with van der Waals surface area (Å²) in [5.41, 5.74) is 0. The summed E-state index contributed by atoms with van der Waals surface area (Å²) >= 11 is 0. The van der Waals surface area contributed by atoms with Crippen molar-refractivity contribution in [2.75, 3.05) is 6.61 Å². The topological polar surface area (TPSA) is 87.2 Å². The van der Waals surface area contributed by atoms with Gasteiger partial charge in [-0.25, -0.2) is 18.5 Å². The van der Waals surface area contributed by atoms with Gasteiger partial charge in [0.2, 0.25) is 0 Å². The predicted octanol–water partition coefficient (Wildman–Crippen LogP) is 0.518. The quantitative estimate of drug-likeness (QED) is 0.808. The molecule has 0 aliphatic rings. The van der Waals surface area contributed by atoms with E-state index < -0.39 is 10.0 Å². The summed E-state index contributed by atoms with van der Waals surface area (Å²) in [7, 11) is -3.73. The van der Waals surface area contributed by atoms with Gasteiger partial charge in [0.05, 0.1) is 12.7 Å². The van der Waals surface area contributed by atoms with E-state index >= 15 is 0 Å². The second kappa shape index (κ2) is 5.61. The van der Waals surface area contributed by atoms with E-state index in [1.165, 1.54) is 6.20 Å². The molecule has 1 heterocycles. The van der Waals surface area contributed by atoms with Gasteiger partial charge in [0.15, 0.2) is 5.03 Å². The number of primary sulfonamides is 1. The first-order valence-electron chi connectivity index (χ1n) is 5.55. The van der Waals surface area contributed by atoms with Crippen LogP contribution in [0.15, 0.2) is 11.2 Å². The number of hydrogen-bond donors (Lipinski definition) is 1. The fourth-order valence-corrected chi connectivity index (χ4v) is 1.93. The Kier molecular flexibility index (Phi) is 4.67. The maximum Gasteiger partial charge on any atom is 0.257 e. The zero-order chi connectivity index (χ0) is 13.1. The molecule has 7 heteroatoms. The van der Waals surface area contributed by atoms with Crippen LogP contribution >= 0.6 is 0 Å². The van der Waals surface area contributed by atoms with Crippen LogP contribution in [-0.4, -0.2) is 30.7 Å². The molecule has 2 N–H and O–H groups in total. The fourth-order valence-electron chi connectivity index (χ4n) is 1.43. The molecule has 1 aromatic heterocycles. The van der Waals surface area contributed by atoms with Crippen LogP contribution in [0, 0.1) is 0 Å². The van der Waals surface area contributed by atoms with Crippen LogP contribution < -0.4 is 5.14 Å². The average Bonchev–Trinajstić information content (AvgIpc) is 2.60. The van der Waals surface area contributed by atoms with Gasteiger partial charge < -0.3 is 9.30 Å². The molecule has 0 aliphatic heterocycles. The van der Waals surface area contributed by atoms with E-state index in [2.05, 4.69) is 4.98 Å². The summed E-state index contributed by atoms with van der Waals surface area (Å²) in [5.74, 6) is 0.696. The van der Waals surface area contributed by atoms with Gasteiger partial charge in [-0.15, -0.1) is 0 Å². The Labute approximate surface area is 102 Å². The van der Waals surface area contributed by atoms with E-state index in [1.807, 2.05) is 20.8 Å². The SMILES string of the molecule is CCc1nc(S(N)(=O)=O)cn1CCOC(C)C. The second-order valence-electron chi connectivity index (χ2n) is 4.01. The van der Waals surface area contributed by atoms with Crippen molar-refractivity contribution in [1.82, 2.24) is 9.55 Å². The molecule has 0 spiro atoms. The molecular formula is C10H19N3O3S. The van der Waals surface area contributed by atoms with E-state index in [4.69, 9.17) is 9.88 Å². The first kappa shape index (κ1) is 14.1. The normalized spacial score (nSPS) is 12.3. The van der Waals surface area contributed by atoms with Gasteiger partial charge in [-0.2, -0.15) is 0 Å². The molecule has 0 fully saturated rings. The molecule has 17 heavy (non-hydrogen) atoms. The van der Waals surface area contributed by atoms with Gasteiger partial charge >= 0.3 is 0 Å². The highest BCUT2D eigenvalue weighted by Crippen LogP contribution is 2.08. The van der Waals surface area contributed by atoms with Crippen LogP contribution in [0.1, 0.15) is 26.6 Å². The highest BCUT2D eigenvalue weighted by molar-refractivity contribution is 7.89. The summed E-state index contributed by atoms with van der Waals surface area (Å²) in [6, 6.07) is 0. The zero-order valence-electron chi connectivity index (χ0n) is 10.4. The number of nitrogens with two attached hydrogens (primary N) is 1. The summed E-state index contributed by atoms with van der Waals surface area (Å²) < 4.78 is 29.5. The monoisotopic (exact) mass is 261 g/mol. The highest BCUT2D eigenvalue weighted by atomic mass is 32.2. The molecule has 0 aromatic carbocycles. The number of nitrogens with zero attached hydrogens (tertiary/aromatic N) is 2. The Hall–Kier alpha value is -0.920. The van der Waals surface area contributed by atoms with Crippen LogP contribution in [0.5, 0.6) is 0 Å². The van der Waals surface area contributed by atoms with Crippen molar-refractivity contribution in [2.45, 2.75) is 44.9 Å². The van der Waals surface area contributed by atoms with Gasteiger partial charge in [0.25, 0.3) is 10.0 Å². The van der Waals surface area contributed by atoms with Crippen LogP contribution in [0.4, 0.5) is 0 Å². The first-order valence-corrected chi connectivity index (χ1v) is 7.09. The molecule has 6 nitrogen and oxygen atoms in total. The molecule has 0 radical (unpaired) electrons. The Morgan fingerprint density at radius 2 is 2.18 bits per heavy atom. The summed E-state index contributed by atoms with van der Waals surface area (Å²) in [5, 5.41) is 4.95. The van der Waals surface area contributed by atoms with Crippen molar-refractivity contribution in [3.8, 4) is 0 Å². The molecule has 0 unspecified atom stereocenters. The number of aromatic nitrogens is 2. The zero-order valence-corrected chi connectivity index (χ0v) is 11.2. The Morgan fingerprint density at radius 3 is 2.65 bits per heavy atom. The van der Waals surface area contributed by atoms with E-state index in [0.29, 0.717) is 25.4 Å². The maximum absolute atomic E-state index is 11.2. The molecule has 0 saturated heterocycles.